The fraction of sp³-hybridized carbons (Fsp3) is 0.167. The molecule has 0 aliphatic carbocycles. The van der Waals surface area contributed by atoms with Gasteiger partial charge in [0.2, 0.25) is 0 Å². The van der Waals surface area contributed by atoms with Crippen LogP contribution in [0.25, 0.3) is 0 Å². The molecule has 0 amide bonds. The highest BCUT2D eigenvalue weighted by Crippen LogP contribution is 2.25. The Labute approximate surface area is 83.8 Å². The Bertz CT molecular complexity index is 461. The lowest BCUT2D eigenvalue weighted by Crippen LogP contribution is -2.17. The molecular formula is C6H7NO5S2. The van der Waals surface area contributed by atoms with Gasteiger partial charge in [-0.2, -0.15) is 0 Å². The fourth-order valence-corrected chi connectivity index (χ4v) is 2.81. The second-order valence-corrected chi connectivity index (χ2v) is 5.42. The average molecular weight is 237 g/mol. The zero-order valence-corrected chi connectivity index (χ0v) is 8.65. The van der Waals surface area contributed by atoms with Crippen molar-refractivity contribution in [2.75, 3.05) is 0 Å². The maximum atomic E-state index is 11.0. The normalized spacial score (nSPS) is 11.6. The molecule has 3 N–H and O–H groups in total. The molecule has 78 valence electrons. The van der Waals surface area contributed by atoms with Crippen LogP contribution < -0.4 is 4.89 Å². The van der Waals surface area contributed by atoms with Crippen molar-refractivity contribution in [3.05, 3.63) is 16.5 Å². The number of sulfonamides is 1. The number of hydrogen-bond donors (Lipinski definition) is 3. The third kappa shape index (κ3) is 1.93. The van der Waals surface area contributed by atoms with E-state index in [0.29, 0.717) is 16.9 Å². The van der Waals surface area contributed by atoms with Gasteiger partial charge in [0.05, 0.1) is 0 Å². The number of carboxylic acids is 1. The summed E-state index contributed by atoms with van der Waals surface area (Å²) in [6, 6.07) is 1.19. The van der Waals surface area contributed by atoms with E-state index in [1.54, 1.807) is 0 Å². The van der Waals surface area contributed by atoms with Crippen molar-refractivity contribution in [2.45, 2.75) is 11.1 Å². The van der Waals surface area contributed by atoms with Crippen LogP contribution in [0.3, 0.4) is 0 Å². The number of rotatable bonds is 3. The van der Waals surface area contributed by atoms with E-state index in [1.807, 2.05) is 0 Å². The number of nitrogens with one attached hydrogen (secondary N) is 1. The van der Waals surface area contributed by atoms with Crippen molar-refractivity contribution < 1.29 is 23.5 Å². The summed E-state index contributed by atoms with van der Waals surface area (Å²) in [5, 5.41) is 17.0. The number of carboxylic acid groups (broad SMARTS) is 1. The molecule has 0 radical (unpaired) electrons. The van der Waals surface area contributed by atoms with Crippen LogP contribution in [-0.4, -0.2) is 24.7 Å². The van der Waals surface area contributed by atoms with Crippen molar-refractivity contribution in [3.8, 4) is 0 Å². The molecule has 8 heteroatoms. The number of aromatic carboxylic acids is 1. The van der Waals surface area contributed by atoms with E-state index < -0.39 is 16.0 Å². The van der Waals surface area contributed by atoms with Gasteiger partial charge in [0.1, 0.15) is 9.09 Å². The molecule has 0 aliphatic heterocycles. The average Bonchev–Trinajstić information content (AvgIpc) is 2.48. The fourth-order valence-electron chi connectivity index (χ4n) is 0.843. The molecule has 0 unspecified atom stereocenters. The zero-order valence-electron chi connectivity index (χ0n) is 7.01. The molecule has 1 heterocycles. The number of hydrogen-bond acceptors (Lipinski definition) is 5. The van der Waals surface area contributed by atoms with Gasteiger partial charge in [-0.05, 0) is 18.6 Å². The molecule has 1 aromatic rings. The third-order valence-corrected chi connectivity index (χ3v) is 4.29. The largest absolute Gasteiger partial charge is 0.477 e. The first kappa shape index (κ1) is 11.1. The second-order valence-electron chi connectivity index (χ2n) is 2.48. The number of aryl methyl sites for hydroxylation is 1. The predicted molar refractivity (Wildman–Crippen MR) is 48.1 cm³/mol. The Kier molecular flexibility index (Phi) is 2.90. The highest BCUT2D eigenvalue weighted by atomic mass is 32.2. The van der Waals surface area contributed by atoms with Gasteiger partial charge in [0.25, 0.3) is 10.0 Å². The van der Waals surface area contributed by atoms with Crippen LogP contribution in [0.4, 0.5) is 0 Å². The maximum Gasteiger partial charge on any atom is 0.346 e. The first-order valence-electron chi connectivity index (χ1n) is 3.38. The quantitative estimate of drug-likeness (QED) is 0.661. The minimum atomic E-state index is -3.97. The first-order valence-corrected chi connectivity index (χ1v) is 5.68. The van der Waals surface area contributed by atoms with Gasteiger partial charge in [-0.15, -0.1) is 11.3 Å². The number of thiophene rings is 1. The van der Waals surface area contributed by atoms with Crippen LogP contribution in [0.2, 0.25) is 0 Å². The van der Waals surface area contributed by atoms with Gasteiger partial charge in [-0.1, -0.05) is 4.89 Å². The van der Waals surface area contributed by atoms with Crippen molar-refractivity contribution in [1.82, 2.24) is 4.89 Å². The molecule has 6 nitrogen and oxygen atoms in total. The first-order chi connectivity index (χ1) is 6.38. The van der Waals surface area contributed by atoms with Crippen LogP contribution >= 0.6 is 11.3 Å². The van der Waals surface area contributed by atoms with Crippen LogP contribution in [0.5, 0.6) is 0 Å². The summed E-state index contributed by atoms with van der Waals surface area (Å²) in [4.78, 5) is 11.7. The van der Waals surface area contributed by atoms with Crippen LogP contribution in [-0.2, 0) is 10.0 Å². The molecule has 0 atom stereocenters. The molecule has 1 aromatic heterocycles. The predicted octanol–water partition coefficient (Wildman–Crippen LogP) is 0.422. The van der Waals surface area contributed by atoms with Crippen LogP contribution in [0.1, 0.15) is 15.2 Å². The zero-order chi connectivity index (χ0) is 10.9. The van der Waals surface area contributed by atoms with E-state index in [0.717, 1.165) is 4.89 Å². The van der Waals surface area contributed by atoms with Crippen molar-refractivity contribution in [2.24, 2.45) is 0 Å². The third-order valence-electron chi connectivity index (χ3n) is 1.47. The molecule has 1 rings (SSSR count). The molecule has 0 spiro atoms. The Balaban J connectivity index is 3.29. The summed E-state index contributed by atoms with van der Waals surface area (Å²) in [5.74, 6) is -1.19. The van der Waals surface area contributed by atoms with Gasteiger partial charge in [0.15, 0.2) is 0 Å². The Morgan fingerprint density at radius 1 is 1.57 bits per heavy atom. The standard InChI is InChI=1S/C6H7NO5S2/c1-3-2-4(14(11,12)7-10)13-5(3)6(8)9/h2,7,10H,1H3,(H,8,9). The molecule has 0 saturated heterocycles. The van der Waals surface area contributed by atoms with E-state index in [1.165, 1.54) is 13.0 Å². The van der Waals surface area contributed by atoms with Crippen LogP contribution in [0, 0.1) is 6.92 Å². The molecule has 0 saturated carbocycles. The molecule has 0 aromatic carbocycles. The molecular weight excluding hydrogens is 230 g/mol. The highest BCUT2D eigenvalue weighted by molar-refractivity contribution is 7.91. The van der Waals surface area contributed by atoms with Gasteiger partial charge >= 0.3 is 5.97 Å². The monoisotopic (exact) mass is 237 g/mol. The van der Waals surface area contributed by atoms with E-state index in [2.05, 4.69) is 0 Å². The summed E-state index contributed by atoms with van der Waals surface area (Å²) in [6.07, 6.45) is 0. The lowest BCUT2D eigenvalue weighted by atomic mass is 10.3. The molecule has 0 aliphatic rings. The summed E-state index contributed by atoms with van der Waals surface area (Å²) in [6.45, 7) is 1.48. The summed E-state index contributed by atoms with van der Waals surface area (Å²) >= 11 is 0.589. The molecule has 0 fully saturated rings. The minimum Gasteiger partial charge on any atom is -0.477 e. The Morgan fingerprint density at radius 3 is 2.50 bits per heavy atom. The van der Waals surface area contributed by atoms with E-state index in [-0.39, 0.29) is 9.09 Å². The van der Waals surface area contributed by atoms with Crippen molar-refractivity contribution in [1.29, 1.82) is 0 Å². The van der Waals surface area contributed by atoms with Gasteiger partial charge in [-0.25, -0.2) is 13.2 Å². The lowest BCUT2D eigenvalue weighted by Gasteiger charge is -1.94. The molecule has 0 bridgehead atoms. The number of carbonyl (C=O) groups is 1. The maximum absolute atomic E-state index is 11.0. The van der Waals surface area contributed by atoms with Crippen molar-refractivity contribution in [3.63, 3.8) is 0 Å². The highest BCUT2D eigenvalue weighted by Gasteiger charge is 2.20. The SMILES string of the molecule is Cc1cc(S(=O)(=O)NO)sc1C(=O)O. The topological polar surface area (TPSA) is 104 Å². The van der Waals surface area contributed by atoms with Crippen LogP contribution in [0.15, 0.2) is 10.3 Å². The molecule has 14 heavy (non-hydrogen) atoms. The Hall–Kier alpha value is -0.960. The van der Waals surface area contributed by atoms with E-state index in [4.69, 9.17) is 10.3 Å². The van der Waals surface area contributed by atoms with Crippen molar-refractivity contribution >= 4 is 27.3 Å². The van der Waals surface area contributed by atoms with E-state index in [9.17, 15) is 13.2 Å². The summed E-state index contributed by atoms with van der Waals surface area (Å²) in [7, 11) is -3.97. The van der Waals surface area contributed by atoms with Gasteiger partial charge < -0.3 is 10.3 Å². The minimum absolute atomic E-state index is 0.0566. The van der Waals surface area contributed by atoms with Gasteiger partial charge in [0, 0.05) is 0 Å². The second kappa shape index (κ2) is 3.65. The summed E-state index contributed by atoms with van der Waals surface area (Å²) < 4.78 is 21.9. The summed E-state index contributed by atoms with van der Waals surface area (Å²) in [5.41, 5.74) is 0.344. The Morgan fingerprint density at radius 2 is 2.14 bits per heavy atom. The van der Waals surface area contributed by atoms with E-state index >= 15 is 0 Å². The lowest BCUT2D eigenvalue weighted by molar-refractivity contribution is 0.0701. The smallest absolute Gasteiger partial charge is 0.346 e. The van der Waals surface area contributed by atoms with Gasteiger partial charge in [-0.3, -0.25) is 0 Å².